The van der Waals surface area contributed by atoms with E-state index in [1.165, 1.54) is 16.9 Å². The summed E-state index contributed by atoms with van der Waals surface area (Å²) in [5, 5.41) is 4.91. The van der Waals surface area contributed by atoms with Gasteiger partial charge in [-0.05, 0) is 36.4 Å². The van der Waals surface area contributed by atoms with Crippen LogP contribution in [0.2, 0.25) is 0 Å². The molecular formula is C19H24N2O2S. The fourth-order valence-corrected chi connectivity index (χ4v) is 3.57. The van der Waals surface area contributed by atoms with E-state index in [0.717, 1.165) is 50.5 Å². The van der Waals surface area contributed by atoms with Gasteiger partial charge in [-0.3, -0.25) is 9.69 Å². The van der Waals surface area contributed by atoms with E-state index < -0.39 is 0 Å². The van der Waals surface area contributed by atoms with Gasteiger partial charge in [-0.1, -0.05) is 36.4 Å². The molecule has 1 aliphatic rings. The number of unbranched alkanes of at least 4 members (excludes halogenated alkanes) is 1. The Labute approximate surface area is 147 Å². The van der Waals surface area contributed by atoms with Gasteiger partial charge in [0, 0.05) is 19.6 Å². The first-order valence-corrected chi connectivity index (χ1v) is 9.41. The lowest BCUT2D eigenvalue weighted by Gasteiger charge is -2.33. The minimum Gasteiger partial charge on any atom is -0.371 e. The van der Waals surface area contributed by atoms with Crippen molar-refractivity contribution in [3.8, 4) is 0 Å². The van der Waals surface area contributed by atoms with Crippen molar-refractivity contribution in [2.75, 3.05) is 32.8 Å². The molecule has 1 saturated heterocycles. The lowest BCUT2D eigenvalue weighted by Crippen LogP contribution is -2.39. The Balaban J connectivity index is 1.34. The molecule has 128 valence electrons. The topological polar surface area (TPSA) is 41.6 Å². The number of morpholine rings is 1. The highest BCUT2D eigenvalue weighted by Crippen LogP contribution is 2.21. The molecule has 1 N–H and O–H groups in total. The Hall–Kier alpha value is -1.69. The molecule has 1 atom stereocenters. The maximum Gasteiger partial charge on any atom is 0.261 e. The summed E-state index contributed by atoms with van der Waals surface area (Å²) in [6.07, 6.45) is 2.27. The van der Waals surface area contributed by atoms with Crippen LogP contribution < -0.4 is 5.32 Å². The van der Waals surface area contributed by atoms with Gasteiger partial charge in [0.2, 0.25) is 0 Å². The standard InChI is InChI=1S/C19H24N2O2S/c22-19(18-9-6-14-24-18)20-10-4-5-11-21-12-13-23-17(15-21)16-7-2-1-3-8-16/h1-3,6-9,14,17H,4-5,10-13,15H2,(H,20,22)/t17-/m0/s1. The predicted molar refractivity (Wildman–Crippen MR) is 97.5 cm³/mol. The minimum absolute atomic E-state index is 0.0421. The average molecular weight is 344 g/mol. The summed E-state index contributed by atoms with van der Waals surface area (Å²) in [7, 11) is 0. The van der Waals surface area contributed by atoms with Crippen LogP contribution in [0.15, 0.2) is 47.8 Å². The summed E-state index contributed by atoms with van der Waals surface area (Å²) in [6.45, 7) is 4.52. The zero-order valence-corrected chi connectivity index (χ0v) is 14.6. The number of benzene rings is 1. The van der Waals surface area contributed by atoms with E-state index in [2.05, 4.69) is 34.5 Å². The number of carbonyl (C=O) groups is 1. The van der Waals surface area contributed by atoms with Crippen molar-refractivity contribution in [1.82, 2.24) is 10.2 Å². The van der Waals surface area contributed by atoms with Crippen LogP contribution in [0, 0.1) is 0 Å². The molecule has 5 heteroatoms. The van der Waals surface area contributed by atoms with Gasteiger partial charge in [-0.25, -0.2) is 0 Å². The second kappa shape index (κ2) is 8.97. The summed E-state index contributed by atoms with van der Waals surface area (Å²) in [5.74, 6) is 0.0421. The molecule has 24 heavy (non-hydrogen) atoms. The summed E-state index contributed by atoms with van der Waals surface area (Å²) >= 11 is 1.48. The number of ether oxygens (including phenoxy) is 1. The van der Waals surface area contributed by atoms with Crippen molar-refractivity contribution in [2.45, 2.75) is 18.9 Å². The highest BCUT2D eigenvalue weighted by Gasteiger charge is 2.21. The van der Waals surface area contributed by atoms with Crippen molar-refractivity contribution in [3.63, 3.8) is 0 Å². The molecule has 4 nitrogen and oxygen atoms in total. The third-order valence-electron chi connectivity index (χ3n) is 4.25. The molecule has 3 rings (SSSR count). The van der Waals surface area contributed by atoms with Gasteiger partial charge >= 0.3 is 0 Å². The Morgan fingerprint density at radius 2 is 2.08 bits per heavy atom. The average Bonchev–Trinajstić information content (AvgIpc) is 3.17. The summed E-state index contributed by atoms with van der Waals surface area (Å²) in [6, 6.07) is 14.2. The van der Waals surface area contributed by atoms with Gasteiger partial charge in [0.05, 0.1) is 17.6 Å². The summed E-state index contributed by atoms with van der Waals surface area (Å²) in [4.78, 5) is 15.1. The summed E-state index contributed by atoms with van der Waals surface area (Å²) in [5.41, 5.74) is 1.26. The monoisotopic (exact) mass is 344 g/mol. The van der Waals surface area contributed by atoms with Crippen LogP contribution in [0.25, 0.3) is 0 Å². The van der Waals surface area contributed by atoms with Crippen molar-refractivity contribution in [2.24, 2.45) is 0 Å². The van der Waals surface area contributed by atoms with Gasteiger partial charge in [-0.2, -0.15) is 0 Å². The lowest BCUT2D eigenvalue weighted by molar-refractivity contribution is -0.0303. The Bertz CT molecular complexity index is 616. The first-order valence-electron chi connectivity index (χ1n) is 8.53. The number of carbonyl (C=O) groups excluding carboxylic acids is 1. The van der Waals surface area contributed by atoms with Crippen molar-refractivity contribution in [1.29, 1.82) is 0 Å². The van der Waals surface area contributed by atoms with Gasteiger partial charge in [-0.15, -0.1) is 11.3 Å². The third-order valence-corrected chi connectivity index (χ3v) is 5.12. The van der Waals surface area contributed by atoms with Crippen molar-refractivity contribution >= 4 is 17.2 Å². The van der Waals surface area contributed by atoms with Gasteiger partial charge in [0.1, 0.15) is 0 Å². The van der Waals surface area contributed by atoms with Crippen LogP contribution in [-0.2, 0) is 4.74 Å². The van der Waals surface area contributed by atoms with Crippen LogP contribution in [0.3, 0.4) is 0 Å². The van der Waals surface area contributed by atoms with E-state index >= 15 is 0 Å². The number of nitrogens with one attached hydrogen (secondary N) is 1. The second-order valence-electron chi connectivity index (χ2n) is 6.01. The molecule has 1 aliphatic heterocycles. The number of hydrogen-bond acceptors (Lipinski definition) is 4. The van der Waals surface area contributed by atoms with Crippen LogP contribution in [0.1, 0.15) is 34.2 Å². The molecule has 0 bridgehead atoms. The molecule has 1 aromatic carbocycles. The van der Waals surface area contributed by atoms with Crippen molar-refractivity contribution < 1.29 is 9.53 Å². The van der Waals surface area contributed by atoms with Gasteiger partial charge in [0.25, 0.3) is 5.91 Å². The fraction of sp³-hybridized carbons (Fsp3) is 0.421. The fourth-order valence-electron chi connectivity index (χ4n) is 2.93. The molecule has 2 aromatic rings. The molecule has 0 unspecified atom stereocenters. The normalized spacial score (nSPS) is 18.4. The van der Waals surface area contributed by atoms with E-state index in [1.54, 1.807) is 0 Å². The zero-order valence-electron chi connectivity index (χ0n) is 13.8. The Kier molecular flexibility index (Phi) is 6.41. The first-order chi connectivity index (χ1) is 11.8. The number of nitrogens with zero attached hydrogens (tertiary/aromatic N) is 1. The molecule has 1 amide bonds. The largest absolute Gasteiger partial charge is 0.371 e. The van der Waals surface area contributed by atoms with Crippen LogP contribution in [-0.4, -0.2) is 43.6 Å². The second-order valence-corrected chi connectivity index (χ2v) is 6.96. The van der Waals surface area contributed by atoms with E-state index in [9.17, 15) is 4.79 Å². The van der Waals surface area contributed by atoms with Crippen LogP contribution in [0.5, 0.6) is 0 Å². The quantitative estimate of drug-likeness (QED) is 0.784. The number of hydrogen-bond donors (Lipinski definition) is 1. The maximum absolute atomic E-state index is 11.8. The number of amides is 1. The molecule has 1 aromatic heterocycles. The predicted octanol–water partition coefficient (Wildman–Crippen LogP) is 3.33. The van der Waals surface area contributed by atoms with Crippen molar-refractivity contribution in [3.05, 3.63) is 58.3 Å². The van der Waals surface area contributed by atoms with Crippen LogP contribution >= 0.6 is 11.3 Å². The van der Waals surface area contributed by atoms with E-state index in [4.69, 9.17) is 4.74 Å². The molecule has 0 aliphatic carbocycles. The van der Waals surface area contributed by atoms with Gasteiger partial charge in [0.15, 0.2) is 0 Å². The highest BCUT2D eigenvalue weighted by molar-refractivity contribution is 7.12. The number of thiophene rings is 1. The highest BCUT2D eigenvalue weighted by atomic mass is 32.1. The zero-order chi connectivity index (χ0) is 16.6. The first kappa shape index (κ1) is 17.1. The van der Waals surface area contributed by atoms with Gasteiger partial charge < -0.3 is 10.1 Å². The van der Waals surface area contributed by atoms with E-state index in [0.29, 0.717) is 0 Å². The summed E-state index contributed by atoms with van der Waals surface area (Å²) < 4.78 is 5.90. The lowest BCUT2D eigenvalue weighted by atomic mass is 10.1. The van der Waals surface area contributed by atoms with E-state index in [1.807, 2.05) is 23.6 Å². The maximum atomic E-state index is 11.8. The molecular weight excluding hydrogens is 320 g/mol. The van der Waals surface area contributed by atoms with E-state index in [-0.39, 0.29) is 12.0 Å². The smallest absolute Gasteiger partial charge is 0.261 e. The third kappa shape index (κ3) is 4.90. The number of rotatable bonds is 7. The molecule has 1 fully saturated rings. The molecule has 0 radical (unpaired) electrons. The SMILES string of the molecule is O=C(NCCCCN1CCO[C@H](c2ccccc2)C1)c1cccs1. The molecule has 2 heterocycles. The molecule has 0 spiro atoms. The molecule has 0 saturated carbocycles. The van der Waals surface area contributed by atoms with Crippen LogP contribution in [0.4, 0.5) is 0 Å². The minimum atomic E-state index is 0.0421. The Morgan fingerprint density at radius 1 is 1.21 bits per heavy atom. The Morgan fingerprint density at radius 3 is 2.88 bits per heavy atom.